The van der Waals surface area contributed by atoms with Crippen LogP contribution in [0.25, 0.3) is 0 Å². The maximum atomic E-state index is 10.5. The third kappa shape index (κ3) is 16.8. The van der Waals surface area contributed by atoms with Gasteiger partial charge in [-0.15, -0.1) is 0 Å². The molecule has 2 heterocycles. The van der Waals surface area contributed by atoms with Gasteiger partial charge in [0.25, 0.3) is 20.2 Å². The Hall–Kier alpha value is 0.580. The van der Waals surface area contributed by atoms with Crippen LogP contribution in [0.2, 0.25) is 0 Å². The Labute approximate surface area is 209 Å². The fourth-order valence-corrected chi connectivity index (χ4v) is 4.22. The number of nitrogens with zero attached hydrogens (tertiary/aromatic N) is 4. The number of piperazine rings is 2. The number of aliphatic hydroxyl groups excluding tert-OH is 2. The van der Waals surface area contributed by atoms with Gasteiger partial charge < -0.3 is 11.6 Å². The van der Waals surface area contributed by atoms with E-state index in [1.54, 1.807) is 0 Å². The SMILES string of the molecule is O=S(=O)(O)CCN1CCN(CCO)CC1.O=S(=O)(O)CCN1CCN(CCO)CC1.[H-].[Na+]. The van der Waals surface area contributed by atoms with Crippen LogP contribution < -0.4 is 29.6 Å². The monoisotopic (exact) mass is 500 g/mol. The molecule has 0 saturated carbocycles. The minimum absolute atomic E-state index is 0. The molecule has 0 spiro atoms. The summed E-state index contributed by atoms with van der Waals surface area (Å²) in [7, 11) is -7.69. The van der Waals surface area contributed by atoms with E-state index < -0.39 is 20.2 Å². The summed E-state index contributed by atoms with van der Waals surface area (Å²) in [6.45, 7) is 8.93. The van der Waals surface area contributed by atoms with Gasteiger partial charge in [0.1, 0.15) is 0 Å². The van der Waals surface area contributed by atoms with Gasteiger partial charge in [-0.25, -0.2) is 0 Å². The fraction of sp³-hybridized carbons (Fsp3) is 1.00. The summed E-state index contributed by atoms with van der Waals surface area (Å²) in [5.41, 5.74) is 0. The molecule has 2 aliphatic rings. The molecule has 12 nitrogen and oxygen atoms in total. The van der Waals surface area contributed by atoms with E-state index in [1.807, 2.05) is 9.80 Å². The molecule has 0 aliphatic carbocycles. The fourth-order valence-electron chi connectivity index (χ4n) is 3.24. The molecule has 0 radical (unpaired) electrons. The molecule has 2 aliphatic heterocycles. The summed E-state index contributed by atoms with van der Waals surface area (Å²) >= 11 is 0. The minimum atomic E-state index is -3.84. The molecule has 31 heavy (non-hydrogen) atoms. The summed E-state index contributed by atoms with van der Waals surface area (Å²) in [6, 6.07) is 0. The van der Waals surface area contributed by atoms with Gasteiger partial charge in [0, 0.05) is 78.5 Å². The third-order valence-electron chi connectivity index (χ3n) is 5.09. The van der Waals surface area contributed by atoms with Crippen LogP contribution in [-0.4, -0.2) is 159 Å². The predicted molar refractivity (Wildman–Crippen MR) is 114 cm³/mol. The number of β-amino-alcohol motifs (C(OH)–C–C–N with tert-alkyl or cyclic N) is 2. The molecular weight excluding hydrogens is 463 g/mol. The van der Waals surface area contributed by atoms with Crippen molar-refractivity contribution in [1.82, 2.24) is 19.6 Å². The van der Waals surface area contributed by atoms with Crippen LogP contribution >= 0.6 is 0 Å². The quantitative estimate of drug-likeness (QED) is 0.166. The van der Waals surface area contributed by atoms with Crippen LogP contribution in [0.3, 0.4) is 0 Å². The average molecular weight is 501 g/mol. The largest absolute Gasteiger partial charge is 1.00 e. The third-order valence-corrected chi connectivity index (χ3v) is 6.49. The van der Waals surface area contributed by atoms with Crippen molar-refractivity contribution < 1.29 is 67.1 Å². The van der Waals surface area contributed by atoms with E-state index in [9.17, 15) is 16.8 Å². The van der Waals surface area contributed by atoms with Crippen molar-refractivity contribution in [2.45, 2.75) is 0 Å². The Morgan fingerprint density at radius 2 is 0.774 bits per heavy atom. The normalized spacial score (nSPS) is 20.0. The second-order valence-electron chi connectivity index (χ2n) is 7.39. The minimum Gasteiger partial charge on any atom is -1.00 e. The molecule has 4 N–H and O–H groups in total. The summed E-state index contributed by atoms with van der Waals surface area (Å²) in [6.07, 6.45) is 0. The Morgan fingerprint density at radius 1 is 0.548 bits per heavy atom. The first-order chi connectivity index (χ1) is 14.0. The van der Waals surface area contributed by atoms with Crippen molar-refractivity contribution in [3.05, 3.63) is 0 Å². The molecule has 0 aromatic heterocycles. The van der Waals surface area contributed by atoms with Gasteiger partial charge in [-0.1, -0.05) is 0 Å². The topological polar surface area (TPSA) is 162 Å². The van der Waals surface area contributed by atoms with Gasteiger partial charge in [0.05, 0.1) is 24.7 Å². The van der Waals surface area contributed by atoms with E-state index >= 15 is 0 Å². The molecule has 2 fully saturated rings. The first kappa shape index (κ1) is 31.6. The van der Waals surface area contributed by atoms with Crippen molar-refractivity contribution in [2.75, 3.05) is 103 Å². The molecule has 15 heteroatoms. The van der Waals surface area contributed by atoms with Crippen molar-refractivity contribution in [1.29, 1.82) is 0 Å². The van der Waals surface area contributed by atoms with Crippen LogP contribution in [0.1, 0.15) is 1.43 Å². The number of hydrogen-bond acceptors (Lipinski definition) is 10. The summed E-state index contributed by atoms with van der Waals surface area (Å²) in [5.74, 6) is -0.403. The summed E-state index contributed by atoms with van der Waals surface area (Å²) in [4.78, 5) is 8.26. The van der Waals surface area contributed by atoms with Crippen molar-refractivity contribution >= 4 is 20.2 Å². The molecule has 2 saturated heterocycles. The van der Waals surface area contributed by atoms with Crippen molar-refractivity contribution in [3.63, 3.8) is 0 Å². The zero-order valence-corrected chi connectivity index (χ0v) is 22.0. The van der Waals surface area contributed by atoms with Crippen LogP contribution in [0.5, 0.6) is 0 Å². The smallest absolute Gasteiger partial charge is 1.00 e. The van der Waals surface area contributed by atoms with Crippen molar-refractivity contribution in [3.8, 4) is 0 Å². The zero-order chi connectivity index (χ0) is 22.6. The average Bonchev–Trinajstić information content (AvgIpc) is 2.67. The predicted octanol–water partition coefficient (Wildman–Crippen LogP) is -5.92. The van der Waals surface area contributed by atoms with Crippen LogP contribution in [0, 0.1) is 0 Å². The van der Waals surface area contributed by atoms with Gasteiger partial charge in [-0.05, 0) is 0 Å². The number of hydrogen-bond donors (Lipinski definition) is 4. The maximum Gasteiger partial charge on any atom is 1.00 e. The molecule has 182 valence electrons. The standard InChI is InChI=1S/2C8H18N2O4S.Na.H/c2*11-7-5-9-1-3-10(4-2-9)6-8-15(12,13)14;;/h2*11H,1-8H2,(H,12,13,14);;/q;;+1;-1. The Bertz CT molecular complexity index is 616. The number of aliphatic hydroxyl groups is 2. The molecular formula is C16H37N4NaO8S2. The van der Waals surface area contributed by atoms with E-state index in [2.05, 4.69) is 9.80 Å². The number of rotatable bonds is 10. The van der Waals surface area contributed by atoms with Gasteiger partial charge in [0.15, 0.2) is 0 Å². The molecule has 0 aromatic carbocycles. The van der Waals surface area contributed by atoms with Gasteiger partial charge >= 0.3 is 29.6 Å². The second-order valence-corrected chi connectivity index (χ2v) is 10.5. The van der Waals surface area contributed by atoms with Gasteiger partial charge in [-0.2, -0.15) is 16.8 Å². The van der Waals surface area contributed by atoms with E-state index in [0.717, 1.165) is 52.4 Å². The van der Waals surface area contributed by atoms with E-state index in [-0.39, 0.29) is 55.7 Å². The van der Waals surface area contributed by atoms with E-state index in [1.165, 1.54) is 0 Å². The van der Waals surface area contributed by atoms with Crippen LogP contribution in [-0.2, 0) is 20.2 Å². The van der Waals surface area contributed by atoms with E-state index in [4.69, 9.17) is 19.3 Å². The van der Waals surface area contributed by atoms with E-state index in [0.29, 0.717) is 26.2 Å². The molecule has 0 unspecified atom stereocenters. The Balaban J connectivity index is 0. The first-order valence-corrected chi connectivity index (χ1v) is 13.3. The molecule has 0 amide bonds. The van der Waals surface area contributed by atoms with Crippen LogP contribution in [0.15, 0.2) is 0 Å². The Kier molecular flexibility index (Phi) is 16.6. The molecule has 2 rings (SSSR count). The molecule has 0 atom stereocenters. The van der Waals surface area contributed by atoms with Crippen LogP contribution in [0.4, 0.5) is 0 Å². The Morgan fingerprint density at radius 3 is 0.968 bits per heavy atom. The first-order valence-electron chi connectivity index (χ1n) is 10.0. The summed E-state index contributed by atoms with van der Waals surface area (Å²) in [5, 5.41) is 17.5. The van der Waals surface area contributed by atoms with Crippen molar-refractivity contribution in [2.24, 2.45) is 0 Å². The molecule has 0 bridgehead atoms. The summed E-state index contributed by atoms with van der Waals surface area (Å²) < 4.78 is 59.3. The zero-order valence-electron chi connectivity index (χ0n) is 19.3. The second kappa shape index (κ2) is 16.2. The maximum absolute atomic E-state index is 10.5. The van der Waals surface area contributed by atoms with Gasteiger partial charge in [0.2, 0.25) is 0 Å². The van der Waals surface area contributed by atoms with Gasteiger partial charge in [-0.3, -0.25) is 28.7 Å². The molecule has 0 aromatic rings.